The first-order chi connectivity index (χ1) is 10.8. The molecule has 2 saturated carbocycles. The lowest BCUT2D eigenvalue weighted by Gasteiger charge is -2.58. The zero-order valence-corrected chi connectivity index (χ0v) is 15.4. The van der Waals surface area contributed by atoms with Gasteiger partial charge in [-0.3, -0.25) is 0 Å². The van der Waals surface area contributed by atoms with E-state index < -0.39 is 0 Å². The van der Waals surface area contributed by atoms with Crippen LogP contribution in [0.15, 0.2) is 18.2 Å². The maximum Gasteiger partial charge on any atom is 0.0624 e. The monoisotopic (exact) mass is 312 g/mol. The van der Waals surface area contributed by atoms with Crippen LogP contribution in [-0.4, -0.2) is 11.2 Å². The van der Waals surface area contributed by atoms with Crippen molar-refractivity contribution in [1.82, 2.24) is 0 Å². The molecule has 0 amide bonds. The highest BCUT2D eigenvalue weighted by Crippen LogP contribution is 2.69. The van der Waals surface area contributed by atoms with Crippen molar-refractivity contribution in [3.63, 3.8) is 0 Å². The van der Waals surface area contributed by atoms with Crippen molar-refractivity contribution in [3.8, 4) is 0 Å². The molecule has 1 aromatic rings. The van der Waals surface area contributed by atoms with Crippen LogP contribution < -0.4 is 0 Å². The van der Waals surface area contributed by atoms with Gasteiger partial charge in [-0.05, 0) is 78.2 Å². The lowest BCUT2D eigenvalue weighted by molar-refractivity contribution is -0.0772. The highest BCUT2D eigenvalue weighted by Gasteiger charge is 2.64. The number of fused-ring (bicyclic) bond motifs is 5. The summed E-state index contributed by atoms with van der Waals surface area (Å²) in [5, 5.41) is 11.0. The van der Waals surface area contributed by atoms with Gasteiger partial charge in [0.15, 0.2) is 0 Å². The topological polar surface area (TPSA) is 20.2 Å². The molecular formula is C22H32O. The molecule has 1 heteroatoms. The van der Waals surface area contributed by atoms with E-state index in [0.29, 0.717) is 29.1 Å². The van der Waals surface area contributed by atoms with Crippen molar-refractivity contribution >= 4 is 0 Å². The van der Waals surface area contributed by atoms with Gasteiger partial charge >= 0.3 is 0 Å². The molecular weight excluding hydrogens is 280 g/mol. The fourth-order valence-electron chi connectivity index (χ4n) is 7.17. The van der Waals surface area contributed by atoms with E-state index in [-0.39, 0.29) is 11.5 Å². The molecule has 2 fully saturated rings. The van der Waals surface area contributed by atoms with Crippen LogP contribution in [0.5, 0.6) is 0 Å². The molecule has 0 aromatic heterocycles. The molecule has 0 aliphatic heterocycles. The van der Waals surface area contributed by atoms with Gasteiger partial charge in [-0.1, -0.05) is 51.5 Å². The van der Waals surface area contributed by atoms with Crippen molar-refractivity contribution in [3.05, 3.63) is 34.9 Å². The number of aliphatic hydroxyl groups excluding tert-OH is 1. The molecule has 1 aromatic carbocycles. The third-order valence-corrected chi connectivity index (χ3v) is 8.32. The molecule has 0 saturated heterocycles. The van der Waals surface area contributed by atoms with Crippen LogP contribution in [0.25, 0.3) is 0 Å². The average molecular weight is 312 g/mol. The van der Waals surface area contributed by atoms with E-state index in [9.17, 15) is 5.11 Å². The summed E-state index contributed by atoms with van der Waals surface area (Å²) in [6, 6.07) is 7.13. The standard InChI is InChI=1S/C22H32O/c1-13-6-7-17-16(12-13)8-10-21(4)18(17)9-11-22(5)19(21)14(2)15(3)20(22)23/h6-7,12,14-15,18-20,23H,8-11H2,1-5H3/t14?,15?,18-,19+,20?,21?,22?/m1/s1. The Kier molecular flexibility index (Phi) is 3.31. The van der Waals surface area contributed by atoms with E-state index in [2.05, 4.69) is 52.8 Å². The maximum atomic E-state index is 11.0. The van der Waals surface area contributed by atoms with Crippen LogP contribution >= 0.6 is 0 Å². The summed E-state index contributed by atoms with van der Waals surface area (Å²) in [6.45, 7) is 11.8. The van der Waals surface area contributed by atoms with Gasteiger partial charge in [-0.2, -0.15) is 0 Å². The summed E-state index contributed by atoms with van der Waals surface area (Å²) in [6.07, 6.45) is 4.81. The molecule has 3 aliphatic rings. The molecule has 1 N–H and O–H groups in total. The molecule has 0 heterocycles. The molecule has 5 unspecified atom stereocenters. The molecule has 1 nitrogen and oxygen atoms in total. The van der Waals surface area contributed by atoms with Gasteiger partial charge in [0.05, 0.1) is 6.10 Å². The summed E-state index contributed by atoms with van der Waals surface area (Å²) in [7, 11) is 0. The molecule has 126 valence electrons. The van der Waals surface area contributed by atoms with Gasteiger partial charge in [0.1, 0.15) is 0 Å². The van der Waals surface area contributed by atoms with Crippen LogP contribution in [0, 0.1) is 35.5 Å². The van der Waals surface area contributed by atoms with Crippen molar-refractivity contribution in [2.24, 2.45) is 28.6 Å². The number of hydrogen-bond donors (Lipinski definition) is 1. The van der Waals surface area contributed by atoms with Gasteiger partial charge < -0.3 is 5.11 Å². The minimum atomic E-state index is -0.125. The summed E-state index contributed by atoms with van der Waals surface area (Å²) in [4.78, 5) is 0. The Morgan fingerprint density at radius 3 is 2.52 bits per heavy atom. The fraction of sp³-hybridized carbons (Fsp3) is 0.727. The minimum Gasteiger partial charge on any atom is -0.392 e. The van der Waals surface area contributed by atoms with Crippen LogP contribution in [-0.2, 0) is 6.42 Å². The summed E-state index contributed by atoms with van der Waals surface area (Å²) < 4.78 is 0. The molecule has 0 spiro atoms. The second kappa shape index (κ2) is 4.85. The maximum absolute atomic E-state index is 11.0. The first-order valence-corrected chi connectivity index (χ1v) is 9.56. The van der Waals surface area contributed by atoms with Gasteiger partial charge in [-0.15, -0.1) is 0 Å². The Morgan fingerprint density at radius 2 is 1.78 bits per heavy atom. The number of rotatable bonds is 0. The van der Waals surface area contributed by atoms with Crippen LogP contribution in [0.4, 0.5) is 0 Å². The molecule has 4 rings (SSSR count). The third kappa shape index (κ3) is 1.89. The summed E-state index contributed by atoms with van der Waals surface area (Å²) in [5.41, 5.74) is 5.07. The Balaban J connectivity index is 1.81. The number of hydrogen-bond acceptors (Lipinski definition) is 1. The van der Waals surface area contributed by atoms with Crippen LogP contribution in [0.2, 0.25) is 0 Å². The van der Waals surface area contributed by atoms with E-state index in [0.717, 1.165) is 0 Å². The number of aliphatic hydroxyl groups is 1. The Morgan fingerprint density at radius 1 is 1.04 bits per heavy atom. The third-order valence-electron chi connectivity index (χ3n) is 8.32. The first-order valence-electron chi connectivity index (χ1n) is 9.56. The fourth-order valence-corrected chi connectivity index (χ4v) is 7.17. The lowest BCUT2D eigenvalue weighted by Crippen LogP contribution is -2.51. The number of benzene rings is 1. The van der Waals surface area contributed by atoms with Gasteiger partial charge in [0.2, 0.25) is 0 Å². The van der Waals surface area contributed by atoms with E-state index in [4.69, 9.17) is 0 Å². The zero-order chi connectivity index (χ0) is 16.6. The predicted octanol–water partition coefficient (Wildman–Crippen LogP) is 5.09. The highest BCUT2D eigenvalue weighted by molar-refractivity contribution is 5.39. The van der Waals surface area contributed by atoms with Crippen LogP contribution in [0.1, 0.15) is 69.6 Å². The quantitative estimate of drug-likeness (QED) is 0.707. The van der Waals surface area contributed by atoms with Gasteiger partial charge in [0, 0.05) is 0 Å². The van der Waals surface area contributed by atoms with Crippen LogP contribution in [0.3, 0.4) is 0 Å². The summed E-state index contributed by atoms with van der Waals surface area (Å²) >= 11 is 0. The summed E-state index contributed by atoms with van der Waals surface area (Å²) in [5.74, 6) is 2.38. The largest absolute Gasteiger partial charge is 0.392 e. The SMILES string of the molecule is Cc1ccc2c(c1)CCC1(C)[C@@H]2CCC2(C)C(O)C(C)C(C)[C@H]21. The molecule has 3 aliphatic carbocycles. The van der Waals surface area contributed by atoms with Gasteiger partial charge in [-0.25, -0.2) is 0 Å². The number of aryl methyl sites for hydroxylation is 2. The van der Waals surface area contributed by atoms with Crippen molar-refractivity contribution < 1.29 is 5.11 Å². The second-order valence-electron chi connectivity index (χ2n) is 9.45. The highest BCUT2D eigenvalue weighted by atomic mass is 16.3. The Labute approximate surface area is 141 Å². The van der Waals surface area contributed by atoms with Gasteiger partial charge in [0.25, 0.3) is 0 Å². The molecule has 0 radical (unpaired) electrons. The van der Waals surface area contributed by atoms with Crippen molar-refractivity contribution in [1.29, 1.82) is 0 Å². The van der Waals surface area contributed by atoms with Crippen molar-refractivity contribution in [2.75, 3.05) is 0 Å². The normalized spacial score (nSPS) is 48.5. The zero-order valence-electron chi connectivity index (χ0n) is 15.4. The van der Waals surface area contributed by atoms with Crippen molar-refractivity contribution in [2.45, 2.75) is 72.3 Å². The first kappa shape index (κ1) is 15.7. The minimum absolute atomic E-state index is 0.117. The van der Waals surface area contributed by atoms with E-state index >= 15 is 0 Å². The Hall–Kier alpha value is -0.820. The molecule has 0 bridgehead atoms. The molecule has 23 heavy (non-hydrogen) atoms. The molecule has 7 atom stereocenters. The van der Waals surface area contributed by atoms with E-state index in [1.54, 1.807) is 11.1 Å². The average Bonchev–Trinajstić information content (AvgIpc) is 2.68. The predicted molar refractivity (Wildman–Crippen MR) is 95.5 cm³/mol. The smallest absolute Gasteiger partial charge is 0.0624 e. The van der Waals surface area contributed by atoms with E-state index in [1.807, 2.05) is 0 Å². The second-order valence-corrected chi connectivity index (χ2v) is 9.45. The van der Waals surface area contributed by atoms with E-state index in [1.165, 1.54) is 31.2 Å². The Bertz CT molecular complexity index is 635. The lowest BCUT2D eigenvalue weighted by atomic mass is 9.47.